The second-order valence-corrected chi connectivity index (χ2v) is 5.27. The number of halogens is 3. The maximum atomic E-state index is 12.4. The zero-order valence-corrected chi connectivity index (χ0v) is 14.3. The van der Waals surface area contributed by atoms with Crippen molar-refractivity contribution in [2.75, 3.05) is 6.61 Å². The van der Waals surface area contributed by atoms with Crippen molar-refractivity contribution in [1.29, 1.82) is 0 Å². The van der Waals surface area contributed by atoms with E-state index in [-0.39, 0.29) is 34.3 Å². The highest BCUT2D eigenvalue weighted by Crippen LogP contribution is 2.29. The molecule has 138 valence electrons. The highest BCUT2D eigenvalue weighted by atomic mass is 35.5. The molecule has 0 fully saturated rings. The standard InChI is InChI=1S/C17H15ClF2N2O4/c1-2-25-14-9-10(7-8-13(14)26-17(19)20)15(23)21-22-16(24)11-5-3-4-6-12(11)18/h3-9,17H,2H2,1H3,(H,21,23)(H,22,24). The van der Waals surface area contributed by atoms with Gasteiger partial charge in [-0.3, -0.25) is 20.4 Å². The molecule has 0 aliphatic carbocycles. The maximum absolute atomic E-state index is 12.4. The van der Waals surface area contributed by atoms with E-state index in [2.05, 4.69) is 15.6 Å². The first-order valence-corrected chi connectivity index (χ1v) is 7.87. The van der Waals surface area contributed by atoms with E-state index in [9.17, 15) is 18.4 Å². The number of hydrogen-bond acceptors (Lipinski definition) is 4. The van der Waals surface area contributed by atoms with Gasteiger partial charge in [-0.15, -0.1) is 0 Å². The van der Waals surface area contributed by atoms with Crippen LogP contribution in [0.5, 0.6) is 11.5 Å². The number of ether oxygens (including phenoxy) is 2. The molecule has 6 nitrogen and oxygen atoms in total. The summed E-state index contributed by atoms with van der Waals surface area (Å²) in [4.78, 5) is 24.2. The monoisotopic (exact) mass is 384 g/mol. The fourth-order valence-electron chi connectivity index (χ4n) is 2.01. The second kappa shape index (κ2) is 9.00. The molecule has 0 unspecified atom stereocenters. The van der Waals surface area contributed by atoms with Gasteiger partial charge in [0.1, 0.15) is 0 Å². The fourth-order valence-corrected chi connectivity index (χ4v) is 2.23. The molecule has 2 amide bonds. The Morgan fingerprint density at radius 2 is 1.77 bits per heavy atom. The lowest BCUT2D eigenvalue weighted by molar-refractivity contribution is -0.0514. The van der Waals surface area contributed by atoms with Crippen LogP contribution in [0.15, 0.2) is 42.5 Å². The molecule has 0 heterocycles. The van der Waals surface area contributed by atoms with E-state index in [4.69, 9.17) is 16.3 Å². The number of hydrazine groups is 1. The summed E-state index contributed by atoms with van der Waals surface area (Å²) in [5.74, 6) is -1.49. The van der Waals surface area contributed by atoms with Crippen molar-refractivity contribution in [2.45, 2.75) is 13.5 Å². The van der Waals surface area contributed by atoms with Gasteiger partial charge in [0.05, 0.1) is 17.2 Å². The minimum absolute atomic E-state index is 0.0159. The summed E-state index contributed by atoms with van der Waals surface area (Å²) >= 11 is 5.90. The first kappa shape index (κ1) is 19.5. The Labute approximate surface area is 153 Å². The molecule has 26 heavy (non-hydrogen) atoms. The summed E-state index contributed by atoms with van der Waals surface area (Å²) in [5.41, 5.74) is 4.70. The van der Waals surface area contributed by atoms with E-state index in [0.29, 0.717) is 0 Å². The number of amides is 2. The van der Waals surface area contributed by atoms with Crippen LogP contribution in [0.1, 0.15) is 27.6 Å². The van der Waals surface area contributed by atoms with Gasteiger partial charge in [0.25, 0.3) is 11.8 Å². The van der Waals surface area contributed by atoms with Crippen LogP contribution < -0.4 is 20.3 Å². The van der Waals surface area contributed by atoms with Gasteiger partial charge in [0.15, 0.2) is 11.5 Å². The van der Waals surface area contributed by atoms with E-state index in [0.717, 1.165) is 0 Å². The van der Waals surface area contributed by atoms with Crippen LogP contribution >= 0.6 is 11.6 Å². The lowest BCUT2D eigenvalue weighted by Crippen LogP contribution is -2.41. The van der Waals surface area contributed by atoms with Gasteiger partial charge in [-0.25, -0.2) is 0 Å². The van der Waals surface area contributed by atoms with Crippen molar-refractivity contribution in [3.63, 3.8) is 0 Å². The van der Waals surface area contributed by atoms with E-state index >= 15 is 0 Å². The van der Waals surface area contributed by atoms with Crippen molar-refractivity contribution in [3.05, 3.63) is 58.6 Å². The molecule has 2 N–H and O–H groups in total. The van der Waals surface area contributed by atoms with Crippen LogP contribution in [0.2, 0.25) is 5.02 Å². The van der Waals surface area contributed by atoms with Gasteiger partial charge >= 0.3 is 6.61 Å². The molecular weight excluding hydrogens is 370 g/mol. The van der Waals surface area contributed by atoms with E-state index in [1.807, 2.05) is 0 Å². The van der Waals surface area contributed by atoms with Crippen LogP contribution in [0.25, 0.3) is 0 Å². The van der Waals surface area contributed by atoms with Crippen LogP contribution in [0, 0.1) is 0 Å². The van der Waals surface area contributed by atoms with Crippen molar-refractivity contribution in [3.8, 4) is 11.5 Å². The first-order valence-electron chi connectivity index (χ1n) is 7.49. The Morgan fingerprint density at radius 1 is 1.08 bits per heavy atom. The smallest absolute Gasteiger partial charge is 0.387 e. The van der Waals surface area contributed by atoms with E-state index < -0.39 is 18.4 Å². The Hall–Kier alpha value is -2.87. The molecule has 0 aliphatic rings. The molecule has 0 bridgehead atoms. The quantitative estimate of drug-likeness (QED) is 0.748. The Kier molecular flexibility index (Phi) is 6.74. The SMILES string of the molecule is CCOc1cc(C(=O)NNC(=O)c2ccccc2Cl)ccc1OC(F)F. The third-order valence-corrected chi connectivity index (χ3v) is 3.46. The van der Waals surface area contributed by atoms with Gasteiger partial charge in [-0.1, -0.05) is 23.7 Å². The van der Waals surface area contributed by atoms with Gasteiger partial charge in [0, 0.05) is 5.56 Å². The maximum Gasteiger partial charge on any atom is 0.387 e. The number of benzene rings is 2. The van der Waals surface area contributed by atoms with Gasteiger partial charge in [0.2, 0.25) is 0 Å². The molecule has 0 radical (unpaired) electrons. The van der Waals surface area contributed by atoms with Crippen molar-refractivity contribution < 1.29 is 27.8 Å². The summed E-state index contributed by atoms with van der Waals surface area (Å²) in [7, 11) is 0. The number of hydrogen-bond donors (Lipinski definition) is 2. The summed E-state index contributed by atoms with van der Waals surface area (Å²) in [6, 6.07) is 9.99. The first-order chi connectivity index (χ1) is 12.4. The molecular formula is C17H15ClF2N2O4. The van der Waals surface area contributed by atoms with Crippen LogP contribution in [-0.2, 0) is 0 Å². The number of carbonyl (C=O) groups is 2. The lowest BCUT2D eigenvalue weighted by atomic mass is 10.2. The second-order valence-electron chi connectivity index (χ2n) is 4.86. The fraction of sp³-hybridized carbons (Fsp3) is 0.176. The Morgan fingerprint density at radius 3 is 2.42 bits per heavy atom. The van der Waals surface area contributed by atoms with E-state index in [1.165, 1.54) is 30.3 Å². The molecule has 0 saturated heterocycles. The molecule has 2 rings (SSSR count). The van der Waals surface area contributed by atoms with Gasteiger partial charge < -0.3 is 9.47 Å². The summed E-state index contributed by atoms with van der Waals surface area (Å²) in [6.45, 7) is -1.18. The topological polar surface area (TPSA) is 76.7 Å². The molecule has 0 spiro atoms. The van der Waals surface area contributed by atoms with Crippen LogP contribution in [0.4, 0.5) is 8.78 Å². The molecule has 2 aromatic carbocycles. The minimum atomic E-state index is -3.02. The minimum Gasteiger partial charge on any atom is -0.490 e. The number of carbonyl (C=O) groups excluding carboxylic acids is 2. The number of rotatable bonds is 6. The molecule has 0 aromatic heterocycles. The van der Waals surface area contributed by atoms with Crippen molar-refractivity contribution >= 4 is 23.4 Å². The highest BCUT2D eigenvalue weighted by Gasteiger charge is 2.16. The Balaban J connectivity index is 2.08. The van der Waals surface area contributed by atoms with Gasteiger partial charge in [-0.2, -0.15) is 8.78 Å². The molecule has 0 atom stereocenters. The van der Waals surface area contributed by atoms with Crippen molar-refractivity contribution in [1.82, 2.24) is 10.9 Å². The molecule has 0 saturated carbocycles. The normalized spacial score (nSPS) is 10.3. The van der Waals surface area contributed by atoms with Crippen molar-refractivity contribution in [2.24, 2.45) is 0 Å². The van der Waals surface area contributed by atoms with Crippen LogP contribution in [0.3, 0.4) is 0 Å². The number of alkyl halides is 2. The molecule has 0 aliphatic heterocycles. The zero-order chi connectivity index (χ0) is 19.1. The van der Waals surface area contributed by atoms with Crippen LogP contribution in [-0.4, -0.2) is 25.0 Å². The third-order valence-electron chi connectivity index (χ3n) is 3.13. The molecule has 2 aromatic rings. The largest absolute Gasteiger partial charge is 0.490 e. The summed E-state index contributed by atoms with van der Waals surface area (Å²) < 4.78 is 34.3. The average molecular weight is 385 g/mol. The number of nitrogens with one attached hydrogen (secondary N) is 2. The zero-order valence-electron chi connectivity index (χ0n) is 13.6. The lowest BCUT2D eigenvalue weighted by Gasteiger charge is -2.13. The molecule has 9 heteroatoms. The van der Waals surface area contributed by atoms with E-state index in [1.54, 1.807) is 19.1 Å². The summed E-state index contributed by atoms with van der Waals surface area (Å²) in [5, 5.41) is 0.228. The predicted octanol–water partition coefficient (Wildman–Crippen LogP) is 3.41. The highest BCUT2D eigenvalue weighted by molar-refractivity contribution is 6.33. The predicted molar refractivity (Wildman–Crippen MR) is 90.6 cm³/mol. The van der Waals surface area contributed by atoms with Gasteiger partial charge in [-0.05, 0) is 37.3 Å². The summed E-state index contributed by atoms with van der Waals surface area (Å²) in [6.07, 6.45) is 0. The Bertz CT molecular complexity index is 802. The average Bonchev–Trinajstić information content (AvgIpc) is 2.61. The third kappa shape index (κ3) is 5.06.